The van der Waals surface area contributed by atoms with Crippen LogP contribution in [0.15, 0.2) is 24.8 Å². The highest BCUT2D eigenvalue weighted by Crippen LogP contribution is 2.35. The quantitative estimate of drug-likeness (QED) is 0.405. The average molecular weight is 525 g/mol. The van der Waals surface area contributed by atoms with Crippen molar-refractivity contribution in [2.24, 2.45) is 7.05 Å². The van der Waals surface area contributed by atoms with Crippen LogP contribution in [0.1, 0.15) is 49.5 Å². The molecule has 15 heteroatoms. The molecule has 4 rings (SSSR count). The molecule has 0 aliphatic carbocycles. The molecule has 2 N–H and O–H groups in total. The molecule has 0 unspecified atom stereocenters. The maximum Gasteiger partial charge on any atom is 0.418 e. The van der Waals surface area contributed by atoms with Crippen LogP contribution in [0.5, 0.6) is 0 Å². The molecule has 0 spiro atoms. The zero-order valence-corrected chi connectivity index (χ0v) is 19.9. The third-order valence-electron chi connectivity index (χ3n) is 4.96. The number of rotatable bonds is 5. The molecule has 0 aliphatic rings. The number of aryl methyl sites for hydroxylation is 2. The molecule has 0 saturated heterocycles. The molecule has 1 atom stereocenters. The average Bonchev–Trinajstić information content (AvgIpc) is 3.40. The van der Waals surface area contributed by atoms with Crippen molar-refractivity contribution in [3.8, 4) is 0 Å². The van der Waals surface area contributed by atoms with Gasteiger partial charge in [0.15, 0.2) is 11.3 Å². The second-order valence-corrected chi connectivity index (χ2v) is 8.84. The van der Waals surface area contributed by atoms with Crippen molar-refractivity contribution in [1.29, 1.82) is 0 Å². The van der Waals surface area contributed by atoms with E-state index in [9.17, 15) is 22.8 Å². The Morgan fingerprint density at radius 3 is 2.60 bits per heavy atom. The van der Waals surface area contributed by atoms with Gasteiger partial charge >= 0.3 is 6.18 Å². The van der Waals surface area contributed by atoms with E-state index in [-0.39, 0.29) is 16.4 Å². The van der Waals surface area contributed by atoms with Crippen LogP contribution in [-0.2, 0) is 13.2 Å². The van der Waals surface area contributed by atoms with E-state index in [0.29, 0.717) is 28.1 Å². The molecule has 4 aromatic heterocycles. The van der Waals surface area contributed by atoms with Crippen LogP contribution in [0.3, 0.4) is 0 Å². The Hall–Kier alpha value is -3.65. The number of alkyl halides is 3. The summed E-state index contributed by atoms with van der Waals surface area (Å²) in [5.41, 5.74) is -0.167. The van der Waals surface area contributed by atoms with Crippen molar-refractivity contribution in [1.82, 2.24) is 34.8 Å². The molecule has 10 nitrogen and oxygen atoms in total. The van der Waals surface area contributed by atoms with Crippen LogP contribution in [0.2, 0.25) is 5.02 Å². The lowest BCUT2D eigenvalue weighted by Crippen LogP contribution is -2.27. The van der Waals surface area contributed by atoms with Gasteiger partial charge in [-0.2, -0.15) is 13.2 Å². The van der Waals surface area contributed by atoms with Crippen molar-refractivity contribution < 1.29 is 22.8 Å². The monoisotopic (exact) mass is 524 g/mol. The summed E-state index contributed by atoms with van der Waals surface area (Å²) in [4.78, 5) is 45.8. The second-order valence-electron chi connectivity index (χ2n) is 7.37. The fourth-order valence-electron chi connectivity index (χ4n) is 3.10. The lowest BCUT2D eigenvalue weighted by atomic mass is 10.2. The summed E-state index contributed by atoms with van der Waals surface area (Å²) in [6.45, 7) is 3.44. The Morgan fingerprint density at radius 1 is 1.14 bits per heavy atom. The predicted molar refractivity (Wildman–Crippen MR) is 121 cm³/mol. The molecule has 0 bridgehead atoms. The minimum absolute atomic E-state index is 0.0920. The first-order valence-electron chi connectivity index (χ1n) is 9.90. The van der Waals surface area contributed by atoms with E-state index >= 15 is 0 Å². The number of aromatic nitrogens is 6. The maximum atomic E-state index is 13.0. The number of halogens is 4. The van der Waals surface area contributed by atoms with E-state index in [1.54, 1.807) is 25.5 Å². The summed E-state index contributed by atoms with van der Waals surface area (Å²) in [6, 6.07) is 0.0432. The van der Waals surface area contributed by atoms with E-state index in [2.05, 4.69) is 35.6 Å². The summed E-state index contributed by atoms with van der Waals surface area (Å²) in [5.74, 6) is -0.872. The van der Waals surface area contributed by atoms with Gasteiger partial charge in [0.1, 0.15) is 33.4 Å². The number of nitrogens with zero attached hydrogens (tertiary/aromatic N) is 6. The Bertz CT molecular complexity index is 1450. The second kappa shape index (κ2) is 9.19. The Kier molecular flexibility index (Phi) is 6.42. The zero-order valence-electron chi connectivity index (χ0n) is 18.3. The fourth-order valence-corrected chi connectivity index (χ4v) is 4.12. The third-order valence-corrected chi connectivity index (χ3v) is 6.44. The Balaban J connectivity index is 1.47. The Labute approximate surface area is 204 Å². The molecular formula is C20H16ClF3N8O2S. The number of pyridine rings is 1. The predicted octanol–water partition coefficient (Wildman–Crippen LogP) is 3.94. The first-order chi connectivity index (χ1) is 16.5. The number of amides is 2. The van der Waals surface area contributed by atoms with Gasteiger partial charge in [-0.15, -0.1) is 11.3 Å². The lowest BCUT2D eigenvalue weighted by molar-refractivity contribution is -0.137. The van der Waals surface area contributed by atoms with E-state index in [4.69, 9.17) is 11.6 Å². The number of thiazole rings is 1. The summed E-state index contributed by atoms with van der Waals surface area (Å²) in [6.07, 6.45) is -1.37. The van der Waals surface area contributed by atoms with E-state index in [0.717, 1.165) is 17.5 Å². The molecule has 2 amide bonds. The molecule has 0 fully saturated rings. The van der Waals surface area contributed by atoms with Gasteiger partial charge in [-0.05, 0) is 19.9 Å². The molecule has 4 aromatic rings. The lowest BCUT2D eigenvalue weighted by Gasteiger charge is -2.11. The number of hydrogen-bond donors (Lipinski definition) is 2. The van der Waals surface area contributed by atoms with E-state index in [1.807, 2.05) is 0 Å². The molecule has 4 heterocycles. The topological polar surface area (TPSA) is 128 Å². The first kappa shape index (κ1) is 24.5. The smallest absolute Gasteiger partial charge is 0.342 e. The minimum Gasteiger partial charge on any atom is -0.342 e. The van der Waals surface area contributed by atoms with Crippen LogP contribution in [0.4, 0.5) is 19.0 Å². The van der Waals surface area contributed by atoms with Crippen molar-refractivity contribution >= 4 is 51.7 Å². The van der Waals surface area contributed by atoms with Crippen LogP contribution in [0, 0.1) is 6.92 Å². The number of carbonyl (C=O) groups is 2. The molecular weight excluding hydrogens is 509 g/mol. The van der Waals surface area contributed by atoms with Crippen molar-refractivity contribution in [2.75, 3.05) is 5.32 Å². The minimum atomic E-state index is -4.70. The molecule has 0 saturated carbocycles. The van der Waals surface area contributed by atoms with Gasteiger partial charge in [-0.3, -0.25) is 9.59 Å². The largest absolute Gasteiger partial charge is 0.418 e. The summed E-state index contributed by atoms with van der Waals surface area (Å²) in [7, 11) is 1.77. The maximum absolute atomic E-state index is 13.0. The third kappa shape index (κ3) is 4.93. The number of fused-ring (bicyclic) bond motifs is 1. The first-order valence-corrected chi connectivity index (χ1v) is 11.1. The SMILES string of the molecule is Cc1nc2c(C(=O)N[C@H](C)c3ncc(C(=O)Nc4cc(C(F)(F)F)c(Cl)cn4)s3)ncnc2n1C. The fraction of sp³-hybridized carbons (Fsp3) is 0.250. The van der Waals surface area contributed by atoms with Gasteiger partial charge in [-0.1, -0.05) is 11.6 Å². The number of imidazole rings is 1. The highest BCUT2D eigenvalue weighted by Gasteiger charge is 2.34. The van der Waals surface area contributed by atoms with Gasteiger partial charge in [0.05, 0.1) is 22.8 Å². The van der Waals surface area contributed by atoms with Crippen molar-refractivity contribution in [3.05, 3.63) is 56.8 Å². The number of carbonyl (C=O) groups excluding carboxylic acids is 2. The highest BCUT2D eigenvalue weighted by atomic mass is 35.5. The van der Waals surface area contributed by atoms with Crippen LogP contribution < -0.4 is 10.6 Å². The zero-order chi connectivity index (χ0) is 25.5. The van der Waals surface area contributed by atoms with Gasteiger partial charge in [0.2, 0.25) is 0 Å². The van der Waals surface area contributed by atoms with Crippen LogP contribution in [0.25, 0.3) is 11.2 Å². The molecule has 0 aliphatic heterocycles. The summed E-state index contributed by atoms with van der Waals surface area (Å²) >= 11 is 6.51. The number of anilines is 1. The molecule has 0 aromatic carbocycles. The summed E-state index contributed by atoms with van der Waals surface area (Å²) < 4.78 is 40.8. The van der Waals surface area contributed by atoms with Gasteiger partial charge in [-0.25, -0.2) is 24.9 Å². The van der Waals surface area contributed by atoms with E-state index in [1.165, 1.54) is 12.5 Å². The van der Waals surface area contributed by atoms with Crippen molar-refractivity contribution in [3.63, 3.8) is 0 Å². The van der Waals surface area contributed by atoms with Gasteiger partial charge < -0.3 is 15.2 Å². The molecule has 35 heavy (non-hydrogen) atoms. The Morgan fingerprint density at radius 2 is 1.89 bits per heavy atom. The molecule has 182 valence electrons. The van der Waals surface area contributed by atoms with Crippen molar-refractivity contribution in [2.45, 2.75) is 26.1 Å². The highest BCUT2D eigenvalue weighted by molar-refractivity contribution is 7.13. The summed E-state index contributed by atoms with van der Waals surface area (Å²) in [5, 5.41) is 4.86. The normalized spacial score (nSPS) is 12.5. The van der Waals surface area contributed by atoms with Gasteiger partial charge in [0, 0.05) is 13.2 Å². The van der Waals surface area contributed by atoms with Gasteiger partial charge in [0.25, 0.3) is 11.8 Å². The van der Waals surface area contributed by atoms with E-state index < -0.39 is 34.6 Å². The number of hydrogen-bond acceptors (Lipinski definition) is 8. The van der Waals surface area contributed by atoms with Crippen LogP contribution >= 0.6 is 22.9 Å². The number of nitrogens with one attached hydrogen (secondary N) is 2. The molecule has 0 radical (unpaired) electrons. The van der Waals surface area contributed by atoms with Crippen LogP contribution in [-0.4, -0.2) is 41.3 Å². The standard InChI is InChI=1S/C20H16ClF3N8O2S/c1-8(29-18(34)15-14-16(28-7-27-15)32(3)9(2)30-14)19-26-6-12(35-19)17(33)31-13-4-10(20(22,23)24)11(21)5-25-13/h4-8H,1-3H3,(H,29,34)(H,25,31,33)/t8-/m1/s1.